The number of hydrogen-bond acceptors (Lipinski definition) is 4. The van der Waals surface area contributed by atoms with Gasteiger partial charge in [0.25, 0.3) is 5.91 Å². The van der Waals surface area contributed by atoms with E-state index in [1.165, 1.54) is 5.56 Å². The molecule has 2 aromatic rings. The van der Waals surface area contributed by atoms with Gasteiger partial charge in [-0.3, -0.25) is 4.79 Å². The number of benzene rings is 1. The fraction of sp³-hybridized carbons (Fsp3) is 0.421. The van der Waals surface area contributed by atoms with Crippen LogP contribution < -0.4 is 5.32 Å². The molecule has 3 rings (SSSR count). The molecule has 0 unspecified atom stereocenters. The van der Waals surface area contributed by atoms with Crippen molar-refractivity contribution in [1.29, 1.82) is 0 Å². The highest BCUT2D eigenvalue weighted by Crippen LogP contribution is 2.18. The minimum atomic E-state index is 0.0285. The Labute approximate surface area is 143 Å². The van der Waals surface area contributed by atoms with Crippen LogP contribution in [0.3, 0.4) is 0 Å². The molecule has 1 aromatic heterocycles. The third-order valence-corrected chi connectivity index (χ3v) is 4.59. The van der Waals surface area contributed by atoms with Crippen LogP contribution >= 0.6 is 0 Å². The number of aryl methyl sites for hydroxylation is 1. The first-order chi connectivity index (χ1) is 11.7. The third kappa shape index (κ3) is 3.91. The minimum absolute atomic E-state index is 0.0285. The molecule has 5 nitrogen and oxygen atoms in total. The molecule has 5 heteroatoms. The SMILES string of the molecule is CCc1ccc(Nc2ncc(C(=O)N3CCC(C)CC3)cn2)cc1. The monoisotopic (exact) mass is 324 g/mol. The smallest absolute Gasteiger partial charge is 0.256 e. The zero-order chi connectivity index (χ0) is 16.9. The molecule has 1 aliphatic heterocycles. The zero-order valence-electron chi connectivity index (χ0n) is 14.3. The highest BCUT2D eigenvalue weighted by atomic mass is 16.2. The number of piperidine rings is 1. The fourth-order valence-electron chi connectivity index (χ4n) is 2.85. The summed E-state index contributed by atoms with van der Waals surface area (Å²) in [6.07, 6.45) is 6.37. The summed E-state index contributed by atoms with van der Waals surface area (Å²) >= 11 is 0. The van der Waals surface area contributed by atoms with Crippen LogP contribution in [-0.4, -0.2) is 33.9 Å². The van der Waals surface area contributed by atoms with Gasteiger partial charge in [0, 0.05) is 31.2 Å². The Bertz CT molecular complexity index is 674. The number of hydrogen-bond donors (Lipinski definition) is 1. The second-order valence-electron chi connectivity index (χ2n) is 6.45. The van der Waals surface area contributed by atoms with Crippen molar-refractivity contribution in [3.63, 3.8) is 0 Å². The number of nitrogens with zero attached hydrogens (tertiary/aromatic N) is 3. The number of carbonyl (C=O) groups is 1. The van der Waals surface area contributed by atoms with E-state index < -0.39 is 0 Å². The first kappa shape index (κ1) is 16.4. The van der Waals surface area contributed by atoms with Crippen molar-refractivity contribution in [2.24, 2.45) is 5.92 Å². The van der Waals surface area contributed by atoms with Gasteiger partial charge in [-0.15, -0.1) is 0 Å². The first-order valence-electron chi connectivity index (χ1n) is 8.63. The standard InChI is InChI=1S/C19H24N4O/c1-3-15-4-6-17(7-5-15)22-19-20-12-16(13-21-19)18(24)23-10-8-14(2)9-11-23/h4-7,12-14H,3,8-11H2,1-2H3,(H,20,21,22). The number of amides is 1. The van der Waals surface area contributed by atoms with Gasteiger partial charge in [-0.25, -0.2) is 9.97 Å². The maximum atomic E-state index is 12.5. The lowest BCUT2D eigenvalue weighted by Gasteiger charge is -2.30. The van der Waals surface area contributed by atoms with Crippen molar-refractivity contribution >= 4 is 17.5 Å². The van der Waals surface area contributed by atoms with Gasteiger partial charge < -0.3 is 10.2 Å². The lowest BCUT2D eigenvalue weighted by Crippen LogP contribution is -2.38. The van der Waals surface area contributed by atoms with Crippen molar-refractivity contribution in [2.75, 3.05) is 18.4 Å². The number of anilines is 2. The van der Waals surface area contributed by atoms with E-state index in [-0.39, 0.29) is 5.91 Å². The first-order valence-corrected chi connectivity index (χ1v) is 8.63. The Morgan fingerprint density at radius 1 is 1.17 bits per heavy atom. The van der Waals surface area contributed by atoms with Crippen molar-refractivity contribution in [3.8, 4) is 0 Å². The highest BCUT2D eigenvalue weighted by molar-refractivity contribution is 5.93. The predicted molar refractivity (Wildman–Crippen MR) is 95.4 cm³/mol. The Kier molecular flexibility index (Phi) is 5.08. The Balaban J connectivity index is 1.63. The van der Waals surface area contributed by atoms with Crippen molar-refractivity contribution in [2.45, 2.75) is 33.1 Å². The molecule has 1 aromatic carbocycles. The normalized spacial score (nSPS) is 15.3. The van der Waals surface area contributed by atoms with Crippen molar-refractivity contribution in [1.82, 2.24) is 14.9 Å². The summed E-state index contributed by atoms with van der Waals surface area (Å²) in [6, 6.07) is 8.18. The molecule has 0 aliphatic carbocycles. The summed E-state index contributed by atoms with van der Waals surface area (Å²) in [7, 11) is 0. The lowest BCUT2D eigenvalue weighted by molar-refractivity contribution is 0.0696. The number of nitrogens with one attached hydrogen (secondary N) is 1. The third-order valence-electron chi connectivity index (χ3n) is 4.59. The summed E-state index contributed by atoms with van der Waals surface area (Å²) in [5.41, 5.74) is 2.78. The molecule has 2 heterocycles. The van der Waals surface area contributed by atoms with E-state index in [0.29, 0.717) is 17.4 Å². The van der Waals surface area contributed by atoms with Gasteiger partial charge in [-0.05, 0) is 42.9 Å². The van der Waals surface area contributed by atoms with E-state index in [0.717, 1.165) is 38.0 Å². The lowest BCUT2D eigenvalue weighted by atomic mass is 9.99. The largest absolute Gasteiger partial charge is 0.339 e. The number of aromatic nitrogens is 2. The van der Waals surface area contributed by atoms with Gasteiger partial charge in [-0.2, -0.15) is 0 Å². The maximum Gasteiger partial charge on any atom is 0.256 e. The van der Waals surface area contributed by atoms with Gasteiger partial charge in [0.05, 0.1) is 5.56 Å². The van der Waals surface area contributed by atoms with E-state index >= 15 is 0 Å². The Hall–Kier alpha value is -2.43. The van der Waals surface area contributed by atoms with Gasteiger partial charge in [0.15, 0.2) is 0 Å². The van der Waals surface area contributed by atoms with E-state index in [2.05, 4.69) is 41.3 Å². The molecule has 1 saturated heterocycles. The summed E-state index contributed by atoms with van der Waals surface area (Å²) in [4.78, 5) is 22.9. The quantitative estimate of drug-likeness (QED) is 0.932. The van der Waals surface area contributed by atoms with E-state index in [1.807, 2.05) is 17.0 Å². The van der Waals surface area contributed by atoms with E-state index in [4.69, 9.17) is 0 Å². The van der Waals surface area contributed by atoms with Gasteiger partial charge in [-0.1, -0.05) is 26.0 Å². The van der Waals surface area contributed by atoms with E-state index in [1.54, 1.807) is 12.4 Å². The molecule has 0 radical (unpaired) electrons. The Morgan fingerprint density at radius 3 is 2.38 bits per heavy atom. The van der Waals surface area contributed by atoms with Crippen LogP contribution in [0.2, 0.25) is 0 Å². The number of rotatable bonds is 4. The molecule has 1 amide bonds. The summed E-state index contributed by atoms with van der Waals surface area (Å²) in [5.74, 6) is 1.24. The molecule has 0 spiro atoms. The van der Waals surface area contributed by atoms with Crippen molar-refractivity contribution < 1.29 is 4.79 Å². The van der Waals surface area contributed by atoms with E-state index in [9.17, 15) is 4.79 Å². The maximum absolute atomic E-state index is 12.5. The summed E-state index contributed by atoms with van der Waals surface area (Å²) < 4.78 is 0. The molecule has 1 N–H and O–H groups in total. The minimum Gasteiger partial charge on any atom is -0.339 e. The molecule has 1 aliphatic rings. The zero-order valence-corrected chi connectivity index (χ0v) is 14.3. The molecule has 0 atom stereocenters. The van der Waals surface area contributed by atoms with Gasteiger partial charge in [0.2, 0.25) is 5.95 Å². The van der Waals surface area contributed by atoms with Crippen LogP contribution in [0.4, 0.5) is 11.6 Å². The average molecular weight is 324 g/mol. The van der Waals surface area contributed by atoms with Crippen LogP contribution in [0.15, 0.2) is 36.7 Å². The summed E-state index contributed by atoms with van der Waals surface area (Å²) in [6.45, 7) is 6.01. The summed E-state index contributed by atoms with van der Waals surface area (Å²) in [5, 5.41) is 3.16. The van der Waals surface area contributed by atoms with Crippen LogP contribution in [0.1, 0.15) is 42.6 Å². The molecule has 126 valence electrons. The van der Waals surface area contributed by atoms with Crippen LogP contribution in [0.5, 0.6) is 0 Å². The fourth-order valence-corrected chi connectivity index (χ4v) is 2.85. The van der Waals surface area contributed by atoms with Gasteiger partial charge in [0.1, 0.15) is 0 Å². The van der Waals surface area contributed by atoms with Crippen molar-refractivity contribution in [3.05, 3.63) is 47.8 Å². The van der Waals surface area contributed by atoms with Gasteiger partial charge >= 0.3 is 0 Å². The molecule has 24 heavy (non-hydrogen) atoms. The molecular formula is C19H24N4O. The van der Waals surface area contributed by atoms with Crippen LogP contribution in [0, 0.1) is 5.92 Å². The number of likely N-dealkylation sites (tertiary alicyclic amines) is 1. The topological polar surface area (TPSA) is 58.1 Å². The molecule has 0 saturated carbocycles. The number of carbonyl (C=O) groups excluding carboxylic acids is 1. The van der Waals surface area contributed by atoms with Crippen LogP contribution in [0.25, 0.3) is 0 Å². The second kappa shape index (κ2) is 7.43. The molecule has 0 bridgehead atoms. The second-order valence-corrected chi connectivity index (χ2v) is 6.45. The highest BCUT2D eigenvalue weighted by Gasteiger charge is 2.21. The molecular weight excluding hydrogens is 300 g/mol. The molecule has 1 fully saturated rings. The predicted octanol–water partition coefficient (Wildman–Crippen LogP) is 3.65. The average Bonchev–Trinajstić information content (AvgIpc) is 2.63. The van der Waals surface area contributed by atoms with Crippen LogP contribution in [-0.2, 0) is 6.42 Å². The Morgan fingerprint density at radius 2 is 1.79 bits per heavy atom.